The zero-order valence-electron chi connectivity index (χ0n) is 8.02. The molecule has 0 aliphatic heterocycles. The second kappa shape index (κ2) is 4.24. The predicted molar refractivity (Wildman–Crippen MR) is 56.6 cm³/mol. The molecular weight excluding hydrogens is 222 g/mol. The first kappa shape index (κ1) is 11.4. The third-order valence-corrected chi connectivity index (χ3v) is 4.61. The number of nitrogens with two attached hydrogens (primary N) is 1. The Bertz CT molecular complexity index is 399. The molecule has 80 valence electrons. The van der Waals surface area contributed by atoms with Gasteiger partial charge in [-0.15, -0.1) is 0 Å². The average molecular weight is 235 g/mol. The molecule has 0 saturated carbocycles. The molecule has 0 radical (unpaired) electrons. The number of sulfonamides is 1. The summed E-state index contributed by atoms with van der Waals surface area (Å²) >= 11 is 0.963. The second-order valence-electron chi connectivity index (χ2n) is 2.95. The third kappa shape index (κ3) is 2.66. The van der Waals surface area contributed by atoms with E-state index in [4.69, 9.17) is 5.73 Å². The lowest BCUT2D eigenvalue weighted by molar-refractivity contribution is 0.557. The standard InChI is InChI=1S/C7H13N3O2S2/c1-3-5(2)10-14(11,12)6-4-9-7(8)13-6/h4-5,10H,3H2,1-2H3,(H2,8,9)/t5-/m1/s1. The predicted octanol–water partition coefficient (Wildman–Crippen LogP) is 0.802. The summed E-state index contributed by atoms with van der Waals surface area (Å²) in [7, 11) is -3.42. The van der Waals surface area contributed by atoms with Gasteiger partial charge in [0.1, 0.15) is 0 Å². The number of aromatic nitrogens is 1. The number of hydrogen-bond acceptors (Lipinski definition) is 5. The van der Waals surface area contributed by atoms with Crippen LogP contribution in [0.25, 0.3) is 0 Å². The van der Waals surface area contributed by atoms with Crippen molar-refractivity contribution in [2.24, 2.45) is 0 Å². The van der Waals surface area contributed by atoms with Crippen molar-refractivity contribution in [2.75, 3.05) is 5.73 Å². The highest BCUT2D eigenvalue weighted by Crippen LogP contribution is 2.20. The molecule has 5 nitrogen and oxygen atoms in total. The molecule has 1 aromatic heterocycles. The third-order valence-electron chi connectivity index (χ3n) is 1.74. The van der Waals surface area contributed by atoms with Crippen LogP contribution < -0.4 is 10.5 Å². The Kier molecular flexibility index (Phi) is 3.46. The Morgan fingerprint density at radius 3 is 2.79 bits per heavy atom. The van der Waals surface area contributed by atoms with Crippen LogP contribution in [-0.2, 0) is 10.0 Å². The van der Waals surface area contributed by atoms with Crippen molar-refractivity contribution in [1.82, 2.24) is 9.71 Å². The van der Waals surface area contributed by atoms with Crippen LogP contribution >= 0.6 is 11.3 Å². The molecule has 0 spiro atoms. The molecule has 7 heteroatoms. The Balaban J connectivity index is 2.86. The lowest BCUT2D eigenvalue weighted by atomic mass is 10.3. The minimum atomic E-state index is -3.42. The number of nitrogen functional groups attached to an aromatic ring is 1. The Morgan fingerprint density at radius 1 is 1.71 bits per heavy atom. The van der Waals surface area contributed by atoms with Crippen molar-refractivity contribution >= 4 is 26.5 Å². The largest absolute Gasteiger partial charge is 0.375 e. The summed E-state index contributed by atoms with van der Waals surface area (Å²) in [6, 6.07) is -0.0803. The number of thiazole rings is 1. The van der Waals surface area contributed by atoms with Crippen LogP contribution in [-0.4, -0.2) is 19.4 Å². The maximum atomic E-state index is 11.6. The van der Waals surface area contributed by atoms with Crippen LogP contribution in [0.1, 0.15) is 20.3 Å². The molecular formula is C7H13N3O2S2. The number of hydrogen-bond donors (Lipinski definition) is 2. The van der Waals surface area contributed by atoms with E-state index in [0.717, 1.165) is 17.8 Å². The molecule has 0 aliphatic carbocycles. The van der Waals surface area contributed by atoms with Gasteiger partial charge in [-0.1, -0.05) is 18.3 Å². The van der Waals surface area contributed by atoms with Crippen LogP contribution in [0.5, 0.6) is 0 Å². The van der Waals surface area contributed by atoms with E-state index in [9.17, 15) is 8.42 Å². The molecule has 0 saturated heterocycles. The number of nitrogens with one attached hydrogen (secondary N) is 1. The Morgan fingerprint density at radius 2 is 2.36 bits per heavy atom. The minimum absolute atomic E-state index is 0.0803. The molecule has 0 bridgehead atoms. The second-order valence-corrected chi connectivity index (χ2v) is 5.95. The molecule has 1 atom stereocenters. The number of anilines is 1. The van der Waals surface area contributed by atoms with E-state index in [1.165, 1.54) is 6.20 Å². The summed E-state index contributed by atoms with van der Waals surface area (Å²) in [5, 5.41) is 0.259. The van der Waals surface area contributed by atoms with Crippen molar-refractivity contribution < 1.29 is 8.42 Å². The smallest absolute Gasteiger partial charge is 0.251 e. The molecule has 0 unspecified atom stereocenters. The molecule has 0 amide bonds. The molecule has 1 rings (SSSR count). The topological polar surface area (TPSA) is 85.1 Å². The van der Waals surface area contributed by atoms with Gasteiger partial charge in [-0.25, -0.2) is 18.1 Å². The van der Waals surface area contributed by atoms with Gasteiger partial charge in [0, 0.05) is 6.04 Å². The molecule has 14 heavy (non-hydrogen) atoms. The maximum Gasteiger partial charge on any atom is 0.251 e. The van der Waals surface area contributed by atoms with E-state index in [1.54, 1.807) is 0 Å². The summed E-state index contributed by atoms with van der Waals surface area (Å²) in [5.41, 5.74) is 5.35. The van der Waals surface area contributed by atoms with Crippen LogP contribution in [0.3, 0.4) is 0 Å². The fourth-order valence-electron chi connectivity index (χ4n) is 0.803. The summed E-state index contributed by atoms with van der Waals surface area (Å²) in [4.78, 5) is 3.69. The molecule has 0 fully saturated rings. The highest BCUT2D eigenvalue weighted by molar-refractivity contribution is 7.91. The van der Waals surface area contributed by atoms with E-state index in [1.807, 2.05) is 13.8 Å². The van der Waals surface area contributed by atoms with E-state index in [0.29, 0.717) is 0 Å². The van der Waals surface area contributed by atoms with Gasteiger partial charge in [-0.3, -0.25) is 0 Å². The summed E-state index contributed by atoms with van der Waals surface area (Å²) < 4.78 is 25.9. The fraction of sp³-hybridized carbons (Fsp3) is 0.571. The quantitative estimate of drug-likeness (QED) is 0.808. The van der Waals surface area contributed by atoms with Gasteiger partial charge in [0.25, 0.3) is 10.0 Å². The first-order valence-corrected chi connectivity index (χ1v) is 6.49. The van der Waals surface area contributed by atoms with Gasteiger partial charge in [0.2, 0.25) is 0 Å². The first-order chi connectivity index (χ1) is 6.45. The molecule has 1 aromatic rings. The van der Waals surface area contributed by atoms with Crippen LogP contribution in [0.2, 0.25) is 0 Å². The highest BCUT2D eigenvalue weighted by Gasteiger charge is 2.18. The van der Waals surface area contributed by atoms with Gasteiger partial charge in [0.05, 0.1) is 6.20 Å². The van der Waals surface area contributed by atoms with Gasteiger partial charge in [0.15, 0.2) is 9.34 Å². The first-order valence-electron chi connectivity index (χ1n) is 4.19. The zero-order valence-corrected chi connectivity index (χ0v) is 9.65. The molecule has 3 N–H and O–H groups in total. The number of rotatable bonds is 4. The minimum Gasteiger partial charge on any atom is -0.375 e. The van der Waals surface area contributed by atoms with E-state index in [2.05, 4.69) is 9.71 Å². The van der Waals surface area contributed by atoms with Crippen LogP contribution in [0.15, 0.2) is 10.4 Å². The van der Waals surface area contributed by atoms with Crippen molar-refractivity contribution in [1.29, 1.82) is 0 Å². The SMILES string of the molecule is CC[C@@H](C)NS(=O)(=O)c1cnc(N)s1. The summed E-state index contributed by atoms with van der Waals surface area (Å²) in [5.74, 6) is 0. The number of nitrogens with zero attached hydrogens (tertiary/aromatic N) is 1. The lowest BCUT2D eigenvalue weighted by Gasteiger charge is -2.09. The van der Waals surface area contributed by atoms with Gasteiger partial charge >= 0.3 is 0 Å². The highest BCUT2D eigenvalue weighted by atomic mass is 32.2. The van der Waals surface area contributed by atoms with E-state index >= 15 is 0 Å². The summed E-state index contributed by atoms with van der Waals surface area (Å²) in [6.45, 7) is 3.72. The Hall–Kier alpha value is -0.660. The molecule has 0 aromatic carbocycles. The van der Waals surface area contributed by atoms with Crippen molar-refractivity contribution in [2.45, 2.75) is 30.5 Å². The zero-order chi connectivity index (χ0) is 10.8. The van der Waals surface area contributed by atoms with E-state index < -0.39 is 10.0 Å². The molecule has 1 heterocycles. The van der Waals surface area contributed by atoms with Crippen LogP contribution in [0, 0.1) is 0 Å². The van der Waals surface area contributed by atoms with Crippen molar-refractivity contribution in [3.8, 4) is 0 Å². The fourth-order valence-corrected chi connectivity index (χ4v) is 3.06. The normalized spacial score (nSPS) is 14.1. The maximum absolute atomic E-state index is 11.6. The molecule has 0 aliphatic rings. The van der Waals surface area contributed by atoms with Crippen LogP contribution in [0.4, 0.5) is 5.13 Å². The monoisotopic (exact) mass is 235 g/mol. The van der Waals surface area contributed by atoms with Gasteiger partial charge in [-0.05, 0) is 13.3 Å². The van der Waals surface area contributed by atoms with Crippen molar-refractivity contribution in [3.05, 3.63) is 6.20 Å². The van der Waals surface area contributed by atoms with Crippen molar-refractivity contribution in [3.63, 3.8) is 0 Å². The summed E-state index contributed by atoms with van der Waals surface area (Å²) in [6.07, 6.45) is 2.01. The average Bonchev–Trinajstić information content (AvgIpc) is 2.51. The van der Waals surface area contributed by atoms with Gasteiger partial charge in [-0.2, -0.15) is 0 Å². The lowest BCUT2D eigenvalue weighted by Crippen LogP contribution is -2.31. The van der Waals surface area contributed by atoms with Gasteiger partial charge < -0.3 is 5.73 Å². The Labute approximate surface area is 87.4 Å². The van der Waals surface area contributed by atoms with E-state index in [-0.39, 0.29) is 15.4 Å².